The monoisotopic (exact) mass is 453 g/mol. The van der Waals surface area contributed by atoms with Crippen molar-refractivity contribution in [3.63, 3.8) is 0 Å². The molecule has 2 aromatic carbocycles. The predicted octanol–water partition coefficient (Wildman–Crippen LogP) is 4.51. The molecular weight excluding hydrogens is 428 g/mol. The van der Waals surface area contributed by atoms with Crippen molar-refractivity contribution in [2.24, 2.45) is 0 Å². The minimum Gasteiger partial charge on any atom is -0.488 e. The number of amides is 1. The molecule has 1 aliphatic rings. The van der Waals surface area contributed by atoms with Crippen LogP contribution in [-0.4, -0.2) is 53.5 Å². The largest absolute Gasteiger partial charge is 0.488 e. The summed E-state index contributed by atoms with van der Waals surface area (Å²) in [6.07, 6.45) is 1.58. The number of hydrogen-bond donors (Lipinski definition) is 0. The van der Waals surface area contributed by atoms with E-state index in [0.717, 1.165) is 6.07 Å². The molecule has 0 bridgehead atoms. The van der Waals surface area contributed by atoms with Gasteiger partial charge in [-0.25, -0.2) is 13.8 Å². The van der Waals surface area contributed by atoms with Gasteiger partial charge < -0.3 is 14.4 Å². The fraction of sp³-hybridized carbons (Fsp3) is 0.280. The fourth-order valence-corrected chi connectivity index (χ4v) is 3.68. The topological polar surface area (TPSA) is 54.9 Å². The number of pyridine rings is 1. The minimum absolute atomic E-state index is 0.189. The van der Waals surface area contributed by atoms with Gasteiger partial charge in [0.25, 0.3) is 5.91 Å². The summed E-state index contributed by atoms with van der Waals surface area (Å²) < 4.78 is 39.0. The Balaban J connectivity index is 1.64. The van der Waals surface area contributed by atoms with Crippen molar-refractivity contribution < 1.29 is 23.0 Å². The highest BCUT2D eigenvalue weighted by Crippen LogP contribution is 2.32. The van der Waals surface area contributed by atoms with Gasteiger partial charge in [-0.15, -0.1) is 0 Å². The standard InChI is InChI=1S/C25H25F2N3O3/c1-2-30-13-12-29(17-18-9-10-20(26)21(27)16-18)14-15-32-22-7-3-4-8-23(22)33-24-19(25(30)31)6-5-11-28-24/h3-11,16H,2,12-15,17H2,1H3. The molecule has 1 aromatic heterocycles. The smallest absolute Gasteiger partial charge is 0.259 e. The highest BCUT2D eigenvalue weighted by Gasteiger charge is 2.22. The lowest BCUT2D eigenvalue weighted by atomic mass is 10.2. The van der Waals surface area contributed by atoms with Crippen LogP contribution in [-0.2, 0) is 6.54 Å². The van der Waals surface area contributed by atoms with Gasteiger partial charge in [-0.1, -0.05) is 18.2 Å². The summed E-state index contributed by atoms with van der Waals surface area (Å²) >= 11 is 0. The number of halogens is 2. The van der Waals surface area contributed by atoms with E-state index in [1.54, 1.807) is 41.4 Å². The summed E-state index contributed by atoms with van der Waals surface area (Å²) in [5.74, 6) is -0.740. The first-order chi connectivity index (χ1) is 16.0. The number of para-hydroxylation sites is 2. The molecule has 0 saturated carbocycles. The van der Waals surface area contributed by atoms with Crippen molar-refractivity contribution in [2.45, 2.75) is 13.5 Å². The molecule has 0 atom stereocenters. The van der Waals surface area contributed by atoms with E-state index < -0.39 is 11.6 Å². The first kappa shape index (κ1) is 22.7. The molecule has 0 radical (unpaired) electrons. The zero-order chi connectivity index (χ0) is 23.2. The summed E-state index contributed by atoms with van der Waals surface area (Å²) in [6.45, 7) is 4.64. The zero-order valence-corrected chi connectivity index (χ0v) is 18.3. The molecule has 33 heavy (non-hydrogen) atoms. The fourth-order valence-electron chi connectivity index (χ4n) is 3.68. The minimum atomic E-state index is -0.880. The average Bonchev–Trinajstić information content (AvgIpc) is 2.83. The third-order valence-corrected chi connectivity index (χ3v) is 5.47. The molecular formula is C25H25F2N3O3. The number of aromatic nitrogens is 1. The molecule has 2 heterocycles. The second kappa shape index (κ2) is 10.4. The lowest BCUT2D eigenvalue weighted by molar-refractivity contribution is 0.0736. The first-order valence-corrected chi connectivity index (χ1v) is 10.9. The van der Waals surface area contributed by atoms with Gasteiger partial charge in [0, 0.05) is 38.9 Å². The molecule has 8 heteroatoms. The summed E-state index contributed by atoms with van der Waals surface area (Å²) in [4.78, 5) is 21.3. The Kier molecular flexibility index (Phi) is 7.14. The van der Waals surface area contributed by atoms with Crippen molar-refractivity contribution in [1.29, 1.82) is 0 Å². The molecule has 0 aliphatic carbocycles. The summed E-state index contributed by atoms with van der Waals surface area (Å²) in [7, 11) is 0. The van der Waals surface area contributed by atoms with E-state index in [9.17, 15) is 13.6 Å². The number of hydrogen-bond acceptors (Lipinski definition) is 5. The number of carbonyl (C=O) groups excluding carboxylic acids is 1. The van der Waals surface area contributed by atoms with Gasteiger partial charge in [0.05, 0.1) is 0 Å². The quantitative estimate of drug-likeness (QED) is 0.584. The molecule has 0 N–H and O–H groups in total. The van der Waals surface area contributed by atoms with Crippen molar-refractivity contribution in [1.82, 2.24) is 14.8 Å². The van der Waals surface area contributed by atoms with Crippen LogP contribution in [0.15, 0.2) is 60.8 Å². The summed E-state index contributed by atoms with van der Waals surface area (Å²) in [5.41, 5.74) is 1.01. The van der Waals surface area contributed by atoms with Crippen LogP contribution < -0.4 is 9.47 Å². The highest BCUT2D eigenvalue weighted by molar-refractivity contribution is 5.96. The van der Waals surface area contributed by atoms with Gasteiger partial charge in [0.1, 0.15) is 12.2 Å². The first-order valence-electron chi connectivity index (χ1n) is 10.9. The van der Waals surface area contributed by atoms with Crippen LogP contribution in [0.5, 0.6) is 17.4 Å². The van der Waals surface area contributed by atoms with Crippen LogP contribution in [0, 0.1) is 11.6 Å². The van der Waals surface area contributed by atoms with E-state index in [4.69, 9.17) is 9.47 Å². The van der Waals surface area contributed by atoms with E-state index >= 15 is 0 Å². The van der Waals surface area contributed by atoms with Gasteiger partial charge in [-0.2, -0.15) is 0 Å². The Bertz CT molecular complexity index is 1130. The Hall–Kier alpha value is -3.52. The third kappa shape index (κ3) is 5.46. The maximum absolute atomic E-state index is 13.7. The molecule has 4 rings (SSSR count). The predicted molar refractivity (Wildman–Crippen MR) is 119 cm³/mol. The van der Waals surface area contributed by atoms with E-state index in [1.165, 1.54) is 6.07 Å². The molecule has 0 fully saturated rings. The summed E-state index contributed by atoms with van der Waals surface area (Å²) in [5, 5.41) is 0. The van der Waals surface area contributed by atoms with Crippen LogP contribution in [0.4, 0.5) is 8.78 Å². The Morgan fingerprint density at radius 1 is 0.970 bits per heavy atom. The lowest BCUT2D eigenvalue weighted by Crippen LogP contribution is -2.39. The Morgan fingerprint density at radius 2 is 1.79 bits per heavy atom. The van der Waals surface area contributed by atoms with Crippen LogP contribution in [0.25, 0.3) is 0 Å². The van der Waals surface area contributed by atoms with E-state index in [0.29, 0.717) is 62.0 Å². The molecule has 172 valence electrons. The van der Waals surface area contributed by atoms with Crippen LogP contribution in [0.3, 0.4) is 0 Å². The van der Waals surface area contributed by atoms with Crippen molar-refractivity contribution in [2.75, 3.05) is 32.8 Å². The normalized spacial score (nSPS) is 15.2. The van der Waals surface area contributed by atoms with Crippen LogP contribution in [0.2, 0.25) is 0 Å². The maximum atomic E-state index is 13.7. The molecule has 1 aliphatic heterocycles. The average molecular weight is 453 g/mol. The van der Waals surface area contributed by atoms with E-state index in [2.05, 4.69) is 4.98 Å². The van der Waals surface area contributed by atoms with Crippen molar-refractivity contribution >= 4 is 5.91 Å². The molecule has 0 spiro atoms. The van der Waals surface area contributed by atoms with Crippen LogP contribution >= 0.6 is 0 Å². The van der Waals surface area contributed by atoms with Crippen LogP contribution in [0.1, 0.15) is 22.8 Å². The zero-order valence-electron chi connectivity index (χ0n) is 18.3. The number of nitrogens with zero attached hydrogens (tertiary/aromatic N) is 3. The molecule has 6 nitrogen and oxygen atoms in total. The molecule has 0 saturated heterocycles. The molecule has 1 amide bonds. The Labute approximate surface area is 191 Å². The molecule has 3 aromatic rings. The number of ether oxygens (including phenoxy) is 2. The van der Waals surface area contributed by atoms with Gasteiger partial charge in [-0.3, -0.25) is 9.69 Å². The number of fused-ring (bicyclic) bond motifs is 2. The summed E-state index contributed by atoms with van der Waals surface area (Å²) in [6, 6.07) is 14.5. The SMILES string of the molecule is CCN1CCN(Cc2ccc(F)c(F)c2)CCOc2ccccc2Oc2ncccc2C1=O. The number of benzene rings is 2. The van der Waals surface area contributed by atoms with Crippen molar-refractivity contribution in [3.8, 4) is 17.4 Å². The third-order valence-electron chi connectivity index (χ3n) is 5.47. The van der Waals surface area contributed by atoms with Gasteiger partial charge in [-0.05, 0) is 48.9 Å². The van der Waals surface area contributed by atoms with Gasteiger partial charge >= 0.3 is 0 Å². The Morgan fingerprint density at radius 3 is 2.58 bits per heavy atom. The van der Waals surface area contributed by atoms with E-state index in [1.807, 2.05) is 24.0 Å². The van der Waals surface area contributed by atoms with E-state index in [-0.39, 0.29) is 11.8 Å². The second-order valence-corrected chi connectivity index (χ2v) is 7.66. The highest BCUT2D eigenvalue weighted by atomic mass is 19.2. The number of rotatable bonds is 3. The second-order valence-electron chi connectivity index (χ2n) is 7.66. The number of carbonyl (C=O) groups is 1. The van der Waals surface area contributed by atoms with Crippen molar-refractivity contribution in [3.05, 3.63) is 83.6 Å². The lowest BCUT2D eigenvalue weighted by Gasteiger charge is -2.27. The maximum Gasteiger partial charge on any atom is 0.259 e. The van der Waals surface area contributed by atoms with Gasteiger partial charge in [0.2, 0.25) is 5.88 Å². The number of likely N-dealkylation sites (N-methyl/N-ethyl adjacent to an activating group) is 1. The molecule has 0 unspecified atom stereocenters. The van der Waals surface area contributed by atoms with Gasteiger partial charge in [0.15, 0.2) is 23.1 Å².